The third-order valence-electron chi connectivity index (χ3n) is 4.17. The summed E-state index contributed by atoms with van der Waals surface area (Å²) in [5, 5.41) is 0. The highest BCUT2D eigenvalue weighted by Crippen LogP contribution is 2.28. The maximum absolute atomic E-state index is 2.62. The van der Waals surface area contributed by atoms with Gasteiger partial charge in [0.15, 0.2) is 0 Å². The Morgan fingerprint density at radius 1 is 1.00 bits per heavy atom. The van der Waals surface area contributed by atoms with Crippen LogP contribution in [0.3, 0.4) is 0 Å². The molecule has 0 radical (unpaired) electrons. The van der Waals surface area contributed by atoms with Gasteiger partial charge in [-0.05, 0) is 25.5 Å². The molecule has 0 amide bonds. The first kappa shape index (κ1) is 15.8. The van der Waals surface area contributed by atoms with E-state index in [4.69, 9.17) is 0 Å². The van der Waals surface area contributed by atoms with Gasteiger partial charge in [0, 0.05) is 31.7 Å². The van der Waals surface area contributed by atoms with Crippen molar-refractivity contribution in [2.75, 3.05) is 20.1 Å². The van der Waals surface area contributed by atoms with Crippen LogP contribution in [-0.2, 0) is 6.54 Å². The van der Waals surface area contributed by atoms with Crippen LogP contribution in [0.4, 0.5) is 0 Å². The number of rotatable bonds is 2. The lowest BCUT2D eigenvalue weighted by Gasteiger charge is -2.38. The van der Waals surface area contributed by atoms with Crippen molar-refractivity contribution in [3.63, 3.8) is 0 Å². The number of hydrogen-bond donors (Lipinski definition) is 0. The van der Waals surface area contributed by atoms with Gasteiger partial charge in [-0.1, -0.05) is 30.3 Å². The van der Waals surface area contributed by atoms with Gasteiger partial charge in [0.05, 0.1) is 0 Å². The van der Waals surface area contributed by atoms with Gasteiger partial charge in [-0.3, -0.25) is 9.80 Å². The van der Waals surface area contributed by atoms with Gasteiger partial charge in [0.2, 0.25) is 0 Å². The molecule has 4 heteroatoms. The maximum Gasteiger partial charge on any atom is 0.0235 e. The molecular weight excluding hydrogens is 267 g/mol. The SMILES string of the molecule is CN1C2CCC1CN(Cc1ccccc1)C2.Cl.Cl. The van der Waals surface area contributed by atoms with E-state index < -0.39 is 0 Å². The van der Waals surface area contributed by atoms with Gasteiger partial charge in [0.25, 0.3) is 0 Å². The smallest absolute Gasteiger partial charge is 0.0235 e. The van der Waals surface area contributed by atoms with E-state index in [1.54, 1.807) is 0 Å². The molecule has 0 spiro atoms. The molecule has 2 unspecified atom stereocenters. The Balaban J connectivity index is 0.000000810. The monoisotopic (exact) mass is 288 g/mol. The van der Waals surface area contributed by atoms with Crippen molar-refractivity contribution in [1.82, 2.24) is 9.80 Å². The molecule has 2 aliphatic heterocycles. The fourth-order valence-corrected chi connectivity index (χ4v) is 3.17. The average Bonchev–Trinajstić information content (AvgIpc) is 2.54. The summed E-state index contributed by atoms with van der Waals surface area (Å²) in [6.45, 7) is 3.63. The van der Waals surface area contributed by atoms with Crippen molar-refractivity contribution in [1.29, 1.82) is 0 Å². The van der Waals surface area contributed by atoms with Crippen LogP contribution in [-0.4, -0.2) is 42.0 Å². The summed E-state index contributed by atoms with van der Waals surface area (Å²) in [4.78, 5) is 5.21. The normalized spacial score (nSPS) is 27.4. The first-order chi connectivity index (χ1) is 7.83. The van der Waals surface area contributed by atoms with Gasteiger partial charge in [-0.25, -0.2) is 0 Å². The van der Waals surface area contributed by atoms with Gasteiger partial charge in [0.1, 0.15) is 0 Å². The Hall–Kier alpha value is -0.280. The minimum Gasteiger partial charge on any atom is -0.298 e. The first-order valence-electron chi connectivity index (χ1n) is 6.31. The van der Waals surface area contributed by atoms with E-state index in [-0.39, 0.29) is 24.8 Å². The molecule has 2 heterocycles. The highest BCUT2D eigenvalue weighted by Gasteiger charge is 2.37. The van der Waals surface area contributed by atoms with E-state index >= 15 is 0 Å². The van der Waals surface area contributed by atoms with Crippen molar-refractivity contribution in [3.8, 4) is 0 Å². The van der Waals surface area contributed by atoms with E-state index in [9.17, 15) is 0 Å². The largest absolute Gasteiger partial charge is 0.298 e. The number of halogens is 2. The number of benzene rings is 1. The van der Waals surface area contributed by atoms with Gasteiger partial charge >= 0.3 is 0 Å². The minimum atomic E-state index is 0. The average molecular weight is 289 g/mol. The second-order valence-corrected chi connectivity index (χ2v) is 5.23. The molecule has 2 atom stereocenters. The first-order valence-corrected chi connectivity index (χ1v) is 6.31. The number of likely N-dealkylation sites (tertiary alicyclic amines) is 1. The van der Waals surface area contributed by atoms with Crippen molar-refractivity contribution >= 4 is 24.8 Å². The van der Waals surface area contributed by atoms with Gasteiger partial charge in [-0.15, -0.1) is 24.8 Å². The zero-order valence-electron chi connectivity index (χ0n) is 10.8. The number of fused-ring (bicyclic) bond motifs is 2. The Bertz CT molecular complexity index is 344. The van der Waals surface area contributed by atoms with Crippen LogP contribution < -0.4 is 0 Å². The summed E-state index contributed by atoms with van der Waals surface area (Å²) in [6, 6.07) is 12.5. The van der Waals surface area contributed by atoms with Crippen LogP contribution in [0.2, 0.25) is 0 Å². The van der Waals surface area contributed by atoms with E-state index in [0.29, 0.717) is 0 Å². The number of hydrogen-bond acceptors (Lipinski definition) is 2. The fraction of sp³-hybridized carbons (Fsp3) is 0.571. The topological polar surface area (TPSA) is 6.48 Å². The van der Waals surface area contributed by atoms with E-state index in [1.165, 1.54) is 31.5 Å². The molecule has 2 saturated heterocycles. The number of nitrogens with zero attached hydrogens (tertiary/aromatic N) is 2. The molecule has 2 bridgehead atoms. The second kappa shape index (κ2) is 6.76. The Kier molecular flexibility index (Phi) is 5.93. The molecule has 1 aromatic carbocycles. The van der Waals surface area contributed by atoms with Crippen molar-refractivity contribution in [3.05, 3.63) is 35.9 Å². The predicted octanol–water partition coefficient (Wildman–Crippen LogP) is 2.81. The number of piperazine rings is 1. The standard InChI is InChI=1S/C14H20N2.2ClH/c1-15-13-7-8-14(15)11-16(10-13)9-12-5-3-2-4-6-12;;/h2-6,13-14H,7-11H2,1H3;2*1H. The lowest BCUT2D eigenvalue weighted by atomic mass is 10.1. The molecule has 0 aliphatic carbocycles. The highest BCUT2D eigenvalue weighted by molar-refractivity contribution is 5.85. The van der Waals surface area contributed by atoms with Crippen LogP contribution in [0.5, 0.6) is 0 Å². The summed E-state index contributed by atoms with van der Waals surface area (Å²) >= 11 is 0. The molecule has 18 heavy (non-hydrogen) atoms. The molecule has 0 saturated carbocycles. The molecule has 3 rings (SSSR count). The third-order valence-corrected chi connectivity index (χ3v) is 4.17. The molecule has 2 fully saturated rings. The summed E-state index contributed by atoms with van der Waals surface area (Å²) in [5.74, 6) is 0. The van der Waals surface area contributed by atoms with Gasteiger partial charge < -0.3 is 0 Å². The third kappa shape index (κ3) is 3.18. The Labute approximate surface area is 122 Å². The minimum absolute atomic E-state index is 0. The van der Waals surface area contributed by atoms with E-state index in [1.807, 2.05) is 0 Å². The maximum atomic E-state index is 2.62. The molecule has 102 valence electrons. The summed E-state index contributed by atoms with van der Waals surface area (Å²) in [5.41, 5.74) is 1.45. The van der Waals surface area contributed by atoms with Gasteiger partial charge in [-0.2, -0.15) is 0 Å². The summed E-state index contributed by atoms with van der Waals surface area (Å²) in [6.07, 6.45) is 2.79. The van der Waals surface area contributed by atoms with E-state index in [2.05, 4.69) is 47.2 Å². The Morgan fingerprint density at radius 2 is 1.56 bits per heavy atom. The van der Waals surface area contributed by atoms with Crippen LogP contribution in [0.25, 0.3) is 0 Å². The van der Waals surface area contributed by atoms with E-state index in [0.717, 1.165) is 18.6 Å². The quantitative estimate of drug-likeness (QED) is 0.826. The Morgan fingerprint density at radius 3 is 2.11 bits per heavy atom. The van der Waals surface area contributed by atoms with Crippen LogP contribution in [0.1, 0.15) is 18.4 Å². The lowest BCUT2D eigenvalue weighted by Crippen LogP contribution is -2.51. The van der Waals surface area contributed by atoms with Crippen molar-refractivity contribution in [2.45, 2.75) is 31.5 Å². The lowest BCUT2D eigenvalue weighted by molar-refractivity contribution is 0.0837. The molecule has 0 N–H and O–H groups in total. The molecule has 1 aromatic rings. The predicted molar refractivity (Wildman–Crippen MR) is 80.8 cm³/mol. The molecule has 2 aliphatic rings. The molecule has 2 nitrogen and oxygen atoms in total. The molecular formula is C14H22Cl2N2. The van der Waals surface area contributed by atoms with Crippen molar-refractivity contribution in [2.24, 2.45) is 0 Å². The number of likely N-dealkylation sites (N-methyl/N-ethyl adjacent to an activating group) is 1. The molecule has 0 aromatic heterocycles. The fourth-order valence-electron chi connectivity index (χ4n) is 3.17. The zero-order valence-corrected chi connectivity index (χ0v) is 12.4. The van der Waals surface area contributed by atoms with Crippen LogP contribution in [0.15, 0.2) is 30.3 Å². The summed E-state index contributed by atoms with van der Waals surface area (Å²) in [7, 11) is 2.29. The van der Waals surface area contributed by atoms with Crippen LogP contribution in [0, 0.1) is 0 Å². The van der Waals surface area contributed by atoms with Crippen molar-refractivity contribution < 1.29 is 0 Å². The second-order valence-electron chi connectivity index (χ2n) is 5.23. The highest BCUT2D eigenvalue weighted by atomic mass is 35.5. The van der Waals surface area contributed by atoms with Crippen LogP contribution >= 0.6 is 24.8 Å². The zero-order chi connectivity index (χ0) is 11.0. The summed E-state index contributed by atoms with van der Waals surface area (Å²) < 4.78 is 0.